The standard InChI is InChI=1S/C19H22BrClFNO2/c1-4-12(2)23-10-13-7-16(20)19(18(8-13)24-3)25-11-14-5-6-15(22)9-17(14)21/h5-9,12,23H,4,10-11H2,1-3H3. The molecule has 0 radical (unpaired) electrons. The van der Waals surface area contributed by atoms with Gasteiger partial charge in [0, 0.05) is 18.2 Å². The molecule has 0 fully saturated rings. The van der Waals surface area contributed by atoms with Gasteiger partial charge < -0.3 is 14.8 Å². The lowest BCUT2D eigenvalue weighted by molar-refractivity contribution is 0.282. The predicted molar refractivity (Wildman–Crippen MR) is 103 cm³/mol. The van der Waals surface area contributed by atoms with Crippen molar-refractivity contribution < 1.29 is 13.9 Å². The molecule has 0 bridgehead atoms. The van der Waals surface area contributed by atoms with E-state index in [2.05, 4.69) is 35.1 Å². The first-order valence-corrected chi connectivity index (χ1v) is 9.28. The largest absolute Gasteiger partial charge is 0.493 e. The summed E-state index contributed by atoms with van der Waals surface area (Å²) in [6.07, 6.45) is 1.07. The summed E-state index contributed by atoms with van der Waals surface area (Å²) < 4.78 is 25.3. The number of rotatable bonds is 8. The highest BCUT2D eigenvalue weighted by Crippen LogP contribution is 2.37. The molecule has 3 nitrogen and oxygen atoms in total. The van der Waals surface area contributed by atoms with Crippen LogP contribution in [0.5, 0.6) is 11.5 Å². The summed E-state index contributed by atoms with van der Waals surface area (Å²) in [6, 6.07) is 8.64. The predicted octanol–water partition coefficient (Wildman–Crippen LogP) is 5.72. The Bertz CT molecular complexity index is 727. The van der Waals surface area contributed by atoms with Crippen LogP contribution in [-0.4, -0.2) is 13.2 Å². The van der Waals surface area contributed by atoms with E-state index in [9.17, 15) is 4.39 Å². The SMILES string of the molecule is CCC(C)NCc1cc(Br)c(OCc2ccc(F)cc2Cl)c(OC)c1. The van der Waals surface area contributed by atoms with Gasteiger partial charge in [-0.25, -0.2) is 4.39 Å². The van der Waals surface area contributed by atoms with Gasteiger partial charge in [0.1, 0.15) is 12.4 Å². The summed E-state index contributed by atoms with van der Waals surface area (Å²) in [7, 11) is 1.60. The van der Waals surface area contributed by atoms with Gasteiger partial charge in [-0.05, 0) is 59.1 Å². The molecule has 0 aliphatic heterocycles. The van der Waals surface area contributed by atoms with Crippen LogP contribution >= 0.6 is 27.5 Å². The molecule has 0 spiro atoms. The van der Waals surface area contributed by atoms with Crippen molar-refractivity contribution in [2.24, 2.45) is 0 Å². The van der Waals surface area contributed by atoms with E-state index in [1.54, 1.807) is 13.2 Å². The average Bonchev–Trinajstić information content (AvgIpc) is 2.59. The van der Waals surface area contributed by atoms with E-state index in [4.69, 9.17) is 21.1 Å². The van der Waals surface area contributed by atoms with Crippen LogP contribution in [-0.2, 0) is 13.2 Å². The van der Waals surface area contributed by atoms with E-state index < -0.39 is 0 Å². The zero-order valence-electron chi connectivity index (χ0n) is 14.5. The third kappa shape index (κ3) is 5.59. The summed E-state index contributed by atoms with van der Waals surface area (Å²) in [5.41, 5.74) is 1.80. The fourth-order valence-electron chi connectivity index (χ4n) is 2.24. The Labute approximate surface area is 161 Å². The summed E-state index contributed by atoms with van der Waals surface area (Å²) in [5, 5.41) is 3.78. The van der Waals surface area contributed by atoms with Gasteiger partial charge in [-0.15, -0.1) is 0 Å². The van der Waals surface area contributed by atoms with E-state index in [0.717, 1.165) is 23.0 Å². The molecular weight excluding hydrogens is 409 g/mol. The van der Waals surface area contributed by atoms with Gasteiger partial charge in [-0.2, -0.15) is 0 Å². The third-order valence-corrected chi connectivity index (χ3v) is 4.88. The molecule has 1 atom stereocenters. The molecule has 0 heterocycles. The van der Waals surface area contributed by atoms with Crippen LogP contribution in [0.25, 0.3) is 0 Å². The number of hydrogen-bond donors (Lipinski definition) is 1. The lowest BCUT2D eigenvalue weighted by Gasteiger charge is -2.16. The van der Waals surface area contributed by atoms with Crippen molar-refractivity contribution >= 4 is 27.5 Å². The van der Waals surface area contributed by atoms with Crippen LogP contribution in [0.4, 0.5) is 4.39 Å². The van der Waals surface area contributed by atoms with Crippen molar-refractivity contribution in [1.29, 1.82) is 0 Å². The van der Waals surface area contributed by atoms with Crippen molar-refractivity contribution in [2.75, 3.05) is 7.11 Å². The van der Waals surface area contributed by atoms with Crippen LogP contribution in [0.2, 0.25) is 5.02 Å². The van der Waals surface area contributed by atoms with E-state index in [-0.39, 0.29) is 12.4 Å². The second-order valence-electron chi connectivity index (χ2n) is 5.82. The molecule has 0 saturated heterocycles. The molecule has 6 heteroatoms. The van der Waals surface area contributed by atoms with Crippen LogP contribution in [0, 0.1) is 5.82 Å². The number of halogens is 3. The molecule has 0 aliphatic carbocycles. The van der Waals surface area contributed by atoms with Crippen molar-refractivity contribution in [2.45, 2.75) is 39.5 Å². The first kappa shape index (κ1) is 20.0. The number of ether oxygens (including phenoxy) is 2. The summed E-state index contributed by atoms with van der Waals surface area (Å²) in [6.45, 7) is 5.26. The number of methoxy groups -OCH3 is 1. The Morgan fingerprint density at radius 2 is 2.04 bits per heavy atom. The Hall–Kier alpha value is -1.30. The van der Waals surface area contributed by atoms with E-state index >= 15 is 0 Å². The molecule has 1 N–H and O–H groups in total. The summed E-state index contributed by atoms with van der Waals surface area (Å²) in [5.74, 6) is 0.856. The molecule has 2 aromatic carbocycles. The normalized spacial score (nSPS) is 12.1. The topological polar surface area (TPSA) is 30.5 Å². The number of hydrogen-bond acceptors (Lipinski definition) is 3. The molecule has 0 aliphatic rings. The van der Waals surface area contributed by atoms with Crippen LogP contribution in [0.1, 0.15) is 31.4 Å². The fourth-order valence-corrected chi connectivity index (χ4v) is 3.07. The minimum Gasteiger partial charge on any atom is -0.493 e. The first-order chi connectivity index (χ1) is 11.9. The Kier molecular flexibility index (Phi) is 7.54. The summed E-state index contributed by atoms with van der Waals surface area (Å²) in [4.78, 5) is 0. The van der Waals surface area contributed by atoms with Crippen molar-refractivity contribution in [3.63, 3.8) is 0 Å². The van der Waals surface area contributed by atoms with Crippen LogP contribution < -0.4 is 14.8 Å². The van der Waals surface area contributed by atoms with Gasteiger partial charge in [0.05, 0.1) is 16.6 Å². The molecule has 2 rings (SSSR count). The smallest absolute Gasteiger partial charge is 0.175 e. The van der Waals surface area contributed by atoms with Gasteiger partial charge in [-0.1, -0.05) is 24.6 Å². The third-order valence-electron chi connectivity index (χ3n) is 3.94. The van der Waals surface area contributed by atoms with Gasteiger partial charge >= 0.3 is 0 Å². The highest BCUT2D eigenvalue weighted by atomic mass is 79.9. The monoisotopic (exact) mass is 429 g/mol. The van der Waals surface area contributed by atoms with Gasteiger partial charge in [0.2, 0.25) is 0 Å². The van der Waals surface area contributed by atoms with Gasteiger partial charge in [-0.3, -0.25) is 0 Å². The molecule has 25 heavy (non-hydrogen) atoms. The molecule has 1 unspecified atom stereocenters. The minimum absolute atomic E-state index is 0.221. The van der Waals surface area contributed by atoms with Crippen molar-refractivity contribution in [1.82, 2.24) is 5.32 Å². The Balaban J connectivity index is 2.14. The van der Waals surface area contributed by atoms with E-state index in [0.29, 0.717) is 28.1 Å². The number of benzene rings is 2. The maximum atomic E-state index is 13.1. The fraction of sp³-hybridized carbons (Fsp3) is 0.368. The second-order valence-corrected chi connectivity index (χ2v) is 7.09. The molecule has 2 aromatic rings. The molecule has 0 saturated carbocycles. The molecule has 136 valence electrons. The lowest BCUT2D eigenvalue weighted by Crippen LogP contribution is -2.24. The van der Waals surface area contributed by atoms with Gasteiger partial charge in [0.25, 0.3) is 0 Å². The first-order valence-electron chi connectivity index (χ1n) is 8.11. The Morgan fingerprint density at radius 1 is 1.28 bits per heavy atom. The molecule has 0 aromatic heterocycles. The van der Waals surface area contributed by atoms with E-state index in [1.165, 1.54) is 12.1 Å². The van der Waals surface area contributed by atoms with E-state index in [1.807, 2.05) is 12.1 Å². The van der Waals surface area contributed by atoms with Gasteiger partial charge in [0.15, 0.2) is 11.5 Å². The van der Waals surface area contributed by atoms with Crippen molar-refractivity contribution in [3.8, 4) is 11.5 Å². The Morgan fingerprint density at radius 3 is 2.68 bits per heavy atom. The zero-order chi connectivity index (χ0) is 18.4. The second kappa shape index (κ2) is 9.41. The lowest BCUT2D eigenvalue weighted by atomic mass is 10.1. The van der Waals surface area contributed by atoms with Crippen molar-refractivity contribution in [3.05, 3.63) is 56.8 Å². The molecular formula is C19H22BrClFNO2. The molecule has 0 amide bonds. The minimum atomic E-state index is -0.370. The zero-order valence-corrected chi connectivity index (χ0v) is 16.9. The van der Waals surface area contributed by atoms with Crippen LogP contribution in [0.15, 0.2) is 34.8 Å². The highest BCUT2D eigenvalue weighted by molar-refractivity contribution is 9.10. The maximum absolute atomic E-state index is 13.1. The average molecular weight is 431 g/mol. The highest BCUT2D eigenvalue weighted by Gasteiger charge is 2.13. The summed E-state index contributed by atoms with van der Waals surface area (Å²) >= 11 is 9.59. The quantitative estimate of drug-likeness (QED) is 0.581. The maximum Gasteiger partial charge on any atom is 0.175 e. The number of nitrogens with one attached hydrogen (secondary N) is 1. The van der Waals surface area contributed by atoms with Crippen LogP contribution in [0.3, 0.4) is 0 Å².